The number of hydrogen-bond acceptors (Lipinski definition) is 6. The van der Waals surface area contributed by atoms with E-state index in [0.29, 0.717) is 41.0 Å². The third kappa shape index (κ3) is 5.35. The Morgan fingerprint density at radius 1 is 0.970 bits per heavy atom. The number of cyclic esters (lactones) is 1. The second-order valence-electron chi connectivity index (χ2n) is 7.09. The zero-order valence-electron chi connectivity index (χ0n) is 18.2. The molecule has 0 fully saturated rings. The molecule has 33 heavy (non-hydrogen) atoms. The molecule has 0 radical (unpaired) electrons. The number of nitrogens with zero attached hydrogens (tertiary/aromatic N) is 1. The standard InChI is InChI=1S/C26H22ClNO5/c1-3-31-22-7-5-4-6-20(22)25-28-21(26(29)33-25)14-18-10-13-23(24(15-18)30-2)32-16-17-8-11-19(27)12-9-17/h4-15H,3,16H2,1-2H3/b21-14+. The Balaban J connectivity index is 1.54. The number of rotatable bonds is 8. The van der Waals surface area contributed by atoms with Crippen LogP contribution in [0.1, 0.15) is 23.6 Å². The van der Waals surface area contributed by atoms with Crippen LogP contribution in [0, 0.1) is 0 Å². The number of para-hydroxylation sites is 1. The lowest BCUT2D eigenvalue weighted by atomic mass is 10.1. The molecule has 0 saturated carbocycles. The van der Waals surface area contributed by atoms with Gasteiger partial charge in [0.2, 0.25) is 5.90 Å². The van der Waals surface area contributed by atoms with E-state index in [2.05, 4.69) is 4.99 Å². The summed E-state index contributed by atoms with van der Waals surface area (Å²) in [5.41, 5.74) is 2.52. The smallest absolute Gasteiger partial charge is 0.363 e. The van der Waals surface area contributed by atoms with E-state index in [4.69, 9.17) is 30.5 Å². The Morgan fingerprint density at radius 3 is 2.52 bits per heavy atom. The van der Waals surface area contributed by atoms with E-state index in [1.165, 1.54) is 0 Å². The molecule has 1 heterocycles. The van der Waals surface area contributed by atoms with Gasteiger partial charge in [0.25, 0.3) is 0 Å². The lowest BCUT2D eigenvalue weighted by Gasteiger charge is -2.11. The second kappa shape index (κ2) is 10.2. The van der Waals surface area contributed by atoms with E-state index in [-0.39, 0.29) is 11.6 Å². The summed E-state index contributed by atoms with van der Waals surface area (Å²) in [6.45, 7) is 2.75. The van der Waals surface area contributed by atoms with Crippen molar-refractivity contribution in [2.45, 2.75) is 13.5 Å². The number of ether oxygens (including phenoxy) is 4. The first kappa shape index (κ1) is 22.4. The summed E-state index contributed by atoms with van der Waals surface area (Å²) in [7, 11) is 1.56. The van der Waals surface area contributed by atoms with E-state index in [1.807, 2.05) is 55.5 Å². The van der Waals surface area contributed by atoms with E-state index in [1.54, 1.807) is 31.4 Å². The molecule has 0 unspecified atom stereocenters. The van der Waals surface area contributed by atoms with Crippen molar-refractivity contribution < 1.29 is 23.7 Å². The van der Waals surface area contributed by atoms with Gasteiger partial charge in [0.05, 0.1) is 19.3 Å². The minimum Gasteiger partial charge on any atom is -0.493 e. The summed E-state index contributed by atoms with van der Waals surface area (Å²) >= 11 is 5.93. The first-order valence-corrected chi connectivity index (χ1v) is 10.7. The summed E-state index contributed by atoms with van der Waals surface area (Å²) < 4.78 is 22.4. The molecule has 0 bridgehead atoms. The highest BCUT2D eigenvalue weighted by atomic mass is 35.5. The third-order valence-corrected chi connectivity index (χ3v) is 5.09. The molecule has 4 rings (SSSR count). The van der Waals surface area contributed by atoms with Crippen LogP contribution < -0.4 is 14.2 Å². The lowest BCUT2D eigenvalue weighted by molar-refractivity contribution is -0.129. The van der Waals surface area contributed by atoms with Crippen LogP contribution in [0.25, 0.3) is 6.08 Å². The average Bonchev–Trinajstić information content (AvgIpc) is 3.19. The molecule has 0 N–H and O–H groups in total. The van der Waals surface area contributed by atoms with Crippen LogP contribution in [0.3, 0.4) is 0 Å². The Hall–Kier alpha value is -3.77. The number of aliphatic imine (C=N–C) groups is 1. The fraction of sp³-hybridized carbons (Fsp3) is 0.154. The largest absolute Gasteiger partial charge is 0.493 e. The minimum absolute atomic E-state index is 0.188. The van der Waals surface area contributed by atoms with Crippen LogP contribution >= 0.6 is 11.6 Å². The number of hydrogen-bond donors (Lipinski definition) is 0. The SMILES string of the molecule is CCOc1ccccc1C1=N/C(=C/c2ccc(OCc3ccc(Cl)cc3)c(OC)c2)C(=O)O1. The van der Waals surface area contributed by atoms with Gasteiger partial charge in [-0.05, 0) is 60.5 Å². The summed E-state index contributed by atoms with van der Waals surface area (Å²) in [5, 5.41) is 0.673. The zero-order chi connectivity index (χ0) is 23.2. The lowest BCUT2D eigenvalue weighted by Crippen LogP contribution is -2.07. The molecule has 168 valence electrons. The molecule has 6 nitrogen and oxygen atoms in total. The maximum Gasteiger partial charge on any atom is 0.363 e. The van der Waals surface area contributed by atoms with Crippen LogP contribution in [-0.2, 0) is 16.1 Å². The third-order valence-electron chi connectivity index (χ3n) is 4.84. The maximum absolute atomic E-state index is 12.4. The highest BCUT2D eigenvalue weighted by Gasteiger charge is 2.26. The molecule has 1 aliphatic rings. The average molecular weight is 464 g/mol. The van der Waals surface area contributed by atoms with Crippen molar-refractivity contribution in [3.8, 4) is 17.2 Å². The molecule has 7 heteroatoms. The highest BCUT2D eigenvalue weighted by molar-refractivity contribution is 6.30. The molecular formula is C26H22ClNO5. The number of carbonyl (C=O) groups is 1. The Kier molecular flexibility index (Phi) is 6.95. The Labute approximate surface area is 197 Å². The quantitative estimate of drug-likeness (QED) is 0.318. The number of halogens is 1. The van der Waals surface area contributed by atoms with Gasteiger partial charge in [-0.2, -0.15) is 0 Å². The van der Waals surface area contributed by atoms with Crippen molar-refractivity contribution in [2.24, 2.45) is 4.99 Å². The van der Waals surface area contributed by atoms with Gasteiger partial charge in [0.1, 0.15) is 12.4 Å². The van der Waals surface area contributed by atoms with Crippen LogP contribution in [0.15, 0.2) is 77.4 Å². The fourth-order valence-electron chi connectivity index (χ4n) is 3.24. The zero-order valence-corrected chi connectivity index (χ0v) is 19.0. The van der Waals surface area contributed by atoms with Crippen LogP contribution in [0.2, 0.25) is 5.02 Å². The molecule has 1 aliphatic heterocycles. The molecular weight excluding hydrogens is 442 g/mol. The summed E-state index contributed by atoms with van der Waals surface area (Å²) in [6.07, 6.45) is 1.64. The number of carbonyl (C=O) groups excluding carboxylic acids is 1. The first-order chi connectivity index (χ1) is 16.1. The van der Waals surface area contributed by atoms with Gasteiger partial charge < -0.3 is 18.9 Å². The first-order valence-electron chi connectivity index (χ1n) is 10.4. The highest BCUT2D eigenvalue weighted by Crippen LogP contribution is 2.31. The van der Waals surface area contributed by atoms with E-state index in [0.717, 1.165) is 11.1 Å². The molecule has 0 atom stereocenters. The molecule has 3 aromatic rings. The summed E-state index contributed by atoms with van der Waals surface area (Å²) in [6, 6.07) is 20.1. The van der Waals surface area contributed by atoms with Crippen LogP contribution in [0.4, 0.5) is 0 Å². The maximum atomic E-state index is 12.4. The van der Waals surface area contributed by atoms with E-state index >= 15 is 0 Å². The van der Waals surface area contributed by atoms with Gasteiger partial charge in [0, 0.05) is 5.02 Å². The van der Waals surface area contributed by atoms with Gasteiger partial charge in [-0.3, -0.25) is 0 Å². The molecule has 3 aromatic carbocycles. The van der Waals surface area contributed by atoms with E-state index < -0.39 is 5.97 Å². The van der Waals surface area contributed by atoms with Crippen LogP contribution in [-0.4, -0.2) is 25.6 Å². The van der Waals surface area contributed by atoms with Crippen molar-refractivity contribution in [2.75, 3.05) is 13.7 Å². The van der Waals surface area contributed by atoms with Gasteiger partial charge in [-0.1, -0.05) is 41.9 Å². The molecule has 0 amide bonds. The topological polar surface area (TPSA) is 66.3 Å². The fourth-order valence-corrected chi connectivity index (χ4v) is 3.37. The molecule has 0 spiro atoms. The Morgan fingerprint density at radius 2 is 1.76 bits per heavy atom. The predicted molar refractivity (Wildman–Crippen MR) is 127 cm³/mol. The van der Waals surface area contributed by atoms with Crippen molar-refractivity contribution in [3.05, 3.63) is 94.1 Å². The summed E-state index contributed by atoms with van der Waals surface area (Å²) in [5.74, 6) is 1.41. The number of esters is 1. The minimum atomic E-state index is -0.529. The van der Waals surface area contributed by atoms with E-state index in [9.17, 15) is 4.79 Å². The molecule has 0 saturated heterocycles. The van der Waals surface area contributed by atoms with Gasteiger partial charge in [-0.15, -0.1) is 0 Å². The van der Waals surface area contributed by atoms with Gasteiger partial charge in [-0.25, -0.2) is 9.79 Å². The molecule has 0 aliphatic carbocycles. The summed E-state index contributed by atoms with van der Waals surface area (Å²) in [4.78, 5) is 16.8. The Bertz CT molecular complexity index is 1220. The molecule has 0 aromatic heterocycles. The van der Waals surface area contributed by atoms with Gasteiger partial charge in [0.15, 0.2) is 17.2 Å². The van der Waals surface area contributed by atoms with Crippen molar-refractivity contribution >= 4 is 29.5 Å². The predicted octanol–water partition coefficient (Wildman–Crippen LogP) is 5.67. The van der Waals surface area contributed by atoms with Crippen LogP contribution in [0.5, 0.6) is 17.2 Å². The van der Waals surface area contributed by atoms with Crippen molar-refractivity contribution in [1.82, 2.24) is 0 Å². The second-order valence-corrected chi connectivity index (χ2v) is 7.53. The monoisotopic (exact) mass is 463 g/mol. The number of methoxy groups -OCH3 is 1. The van der Waals surface area contributed by atoms with Crippen molar-refractivity contribution in [3.63, 3.8) is 0 Å². The van der Waals surface area contributed by atoms with Crippen molar-refractivity contribution in [1.29, 1.82) is 0 Å². The number of benzene rings is 3. The normalized spacial score (nSPS) is 14.1. The van der Waals surface area contributed by atoms with Gasteiger partial charge >= 0.3 is 5.97 Å².